The highest BCUT2D eigenvalue weighted by atomic mass is 16.3. The van der Waals surface area contributed by atoms with Crippen LogP contribution in [0.3, 0.4) is 0 Å². The van der Waals surface area contributed by atoms with Crippen LogP contribution in [0.2, 0.25) is 0 Å². The molecule has 2 heterocycles. The summed E-state index contributed by atoms with van der Waals surface area (Å²) in [6.07, 6.45) is 4.84. The molecule has 1 amide bonds. The molecule has 1 saturated carbocycles. The largest absolute Gasteiger partial charge is 0.393 e. The molecule has 0 radical (unpaired) electrons. The Morgan fingerprint density at radius 2 is 2.30 bits per heavy atom. The summed E-state index contributed by atoms with van der Waals surface area (Å²) in [5.74, 6) is 0.623. The minimum Gasteiger partial charge on any atom is -0.393 e. The third kappa shape index (κ3) is 2.20. The first-order valence-corrected chi connectivity index (χ1v) is 7.28. The van der Waals surface area contributed by atoms with Gasteiger partial charge < -0.3 is 10.0 Å². The van der Waals surface area contributed by atoms with Crippen LogP contribution in [-0.2, 0) is 0 Å². The van der Waals surface area contributed by atoms with E-state index in [-0.39, 0.29) is 23.5 Å². The quantitative estimate of drug-likeness (QED) is 0.844. The van der Waals surface area contributed by atoms with Gasteiger partial charge in [-0.2, -0.15) is 0 Å². The fraction of sp³-hybridized carbons (Fsp3) is 0.667. The lowest BCUT2D eigenvalue weighted by Gasteiger charge is -2.41. The third-order valence-corrected chi connectivity index (χ3v) is 4.84. The highest BCUT2D eigenvalue weighted by Gasteiger charge is 2.49. The van der Waals surface area contributed by atoms with Gasteiger partial charge in [0.1, 0.15) is 11.5 Å². The summed E-state index contributed by atoms with van der Waals surface area (Å²) in [4.78, 5) is 22.9. The second-order valence-corrected chi connectivity index (χ2v) is 6.34. The Bertz CT molecular complexity index is 534. The number of likely N-dealkylation sites (tertiary alicyclic amines) is 1. The number of hydrogen-bond acceptors (Lipinski definition) is 4. The first-order chi connectivity index (χ1) is 9.49. The number of rotatable bonds is 1. The fourth-order valence-electron chi connectivity index (χ4n) is 3.77. The molecule has 2 fully saturated rings. The van der Waals surface area contributed by atoms with Gasteiger partial charge in [-0.15, -0.1) is 0 Å². The van der Waals surface area contributed by atoms with E-state index >= 15 is 0 Å². The second kappa shape index (κ2) is 4.81. The Labute approximate surface area is 119 Å². The van der Waals surface area contributed by atoms with Crippen LogP contribution in [0.4, 0.5) is 0 Å². The van der Waals surface area contributed by atoms with E-state index in [1.165, 1.54) is 0 Å². The zero-order chi connectivity index (χ0) is 14.3. The fourth-order valence-corrected chi connectivity index (χ4v) is 3.77. The molecule has 1 aliphatic carbocycles. The first-order valence-electron chi connectivity index (χ1n) is 7.28. The molecule has 5 heteroatoms. The third-order valence-electron chi connectivity index (χ3n) is 4.84. The van der Waals surface area contributed by atoms with Gasteiger partial charge in [-0.05, 0) is 44.1 Å². The number of carbonyl (C=O) groups is 1. The summed E-state index contributed by atoms with van der Waals surface area (Å²) in [5, 5.41) is 9.88. The van der Waals surface area contributed by atoms with Crippen molar-refractivity contribution in [2.75, 3.05) is 6.54 Å². The number of amides is 1. The summed E-state index contributed by atoms with van der Waals surface area (Å²) in [5.41, 5.74) is 0.531. The summed E-state index contributed by atoms with van der Waals surface area (Å²) in [6, 6.07) is 1.91. The molecular weight excluding hydrogens is 254 g/mol. The van der Waals surface area contributed by atoms with Gasteiger partial charge in [0.2, 0.25) is 0 Å². The van der Waals surface area contributed by atoms with Crippen molar-refractivity contribution in [2.24, 2.45) is 5.41 Å². The molecule has 1 N–H and O–H groups in total. The van der Waals surface area contributed by atoms with Gasteiger partial charge in [0.25, 0.3) is 5.91 Å². The molecule has 3 rings (SSSR count). The van der Waals surface area contributed by atoms with E-state index in [0.29, 0.717) is 11.5 Å². The number of hydrogen-bond donors (Lipinski definition) is 1. The molecule has 0 aromatic carbocycles. The number of aryl methyl sites for hydroxylation is 1. The van der Waals surface area contributed by atoms with Crippen LogP contribution < -0.4 is 0 Å². The zero-order valence-electron chi connectivity index (χ0n) is 12.0. The van der Waals surface area contributed by atoms with Crippen LogP contribution in [0.1, 0.15) is 48.9 Å². The van der Waals surface area contributed by atoms with Gasteiger partial charge in [-0.25, -0.2) is 9.97 Å². The Balaban J connectivity index is 1.83. The van der Waals surface area contributed by atoms with Gasteiger partial charge >= 0.3 is 0 Å². The maximum atomic E-state index is 12.7. The van der Waals surface area contributed by atoms with Crippen molar-refractivity contribution in [3.05, 3.63) is 23.8 Å². The highest BCUT2D eigenvalue weighted by Crippen LogP contribution is 2.46. The average Bonchev–Trinajstić information content (AvgIpc) is 2.74. The van der Waals surface area contributed by atoms with E-state index in [4.69, 9.17) is 0 Å². The molecule has 5 nitrogen and oxygen atoms in total. The molecule has 1 aromatic heterocycles. The van der Waals surface area contributed by atoms with Crippen molar-refractivity contribution < 1.29 is 9.90 Å². The lowest BCUT2D eigenvalue weighted by atomic mass is 9.71. The molecule has 3 atom stereocenters. The van der Waals surface area contributed by atoms with Crippen molar-refractivity contribution in [3.8, 4) is 0 Å². The molecule has 0 bridgehead atoms. The van der Waals surface area contributed by atoms with E-state index in [1.54, 1.807) is 19.2 Å². The predicted molar refractivity (Wildman–Crippen MR) is 74.2 cm³/mol. The maximum Gasteiger partial charge on any atom is 0.272 e. The SMILES string of the molecule is Cc1nccc(C(=O)N2CC[C@@]3(C)C[C@H](O)CC[C@@H]23)n1. The number of fused-ring (bicyclic) bond motifs is 1. The smallest absolute Gasteiger partial charge is 0.272 e. The topological polar surface area (TPSA) is 66.3 Å². The lowest BCUT2D eigenvalue weighted by Crippen LogP contribution is -2.46. The number of nitrogens with zero attached hydrogens (tertiary/aromatic N) is 3. The second-order valence-electron chi connectivity index (χ2n) is 6.34. The van der Waals surface area contributed by atoms with E-state index in [2.05, 4.69) is 16.9 Å². The van der Waals surface area contributed by atoms with E-state index in [0.717, 1.165) is 32.2 Å². The number of aliphatic hydroxyl groups excluding tert-OH is 1. The number of carbonyl (C=O) groups excluding carboxylic acids is 1. The molecule has 1 saturated heterocycles. The average molecular weight is 275 g/mol. The van der Waals surface area contributed by atoms with Gasteiger partial charge in [0.05, 0.1) is 6.10 Å². The van der Waals surface area contributed by atoms with Crippen LogP contribution in [-0.4, -0.2) is 44.6 Å². The Hall–Kier alpha value is -1.49. The molecule has 1 aliphatic heterocycles. The summed E-state index contributed by atoms with van der Waals surface area (Å²) in [6.45, 7) is 4.75. The van der Waals surface area contributed by atoms with Crippen LogP contribution in [0.5, 0.6) is 0 Å². The minimum atomic E-state index is -0.215. The molecule has 2 aliphatic rings. The highest BCUT2D eigenvalue weighted by molar-refractivity contribution is 5.92. The van der Waals surface area contributed by atoms with Gasteiger partial charge in [-0.3, -0.25) is 4.79 Å². The summed E-state index contributed by atoms with van der Waals surface area (Å²) >= 11 is 0. The van der Waals surface area contributed by atoms with E-state index in [1.807, 2.05) is 4.90 Å². The van der Waals surface area contributed by atoms with Crippen molar-refractivity contribution in [2.45, 2.75) is 51.7 Å². The van der Waals surface area contributed by atoms with Crippen LogP contribution in [0.25, 0.3) is 0 Å². The summed E-state index contributed by atoms with van der Waals surface area (Å²) in [7, 11) is 0. The Morgan fingerprint density at radius 3 is 3.05 bits per heavy atom. The molecular formula is C15H21N3O2. The van der Waals surface area contributed by atoms with Crippen molar-refractivity contribution in [3.63, 3.8) is 0 Å². The Morgan fingerprint density at radius 1 is 1.50 bits per heavy atom. The van der Waals surface area contributed by atoms with Gasteiger partial charge in [-0.1, -0.05) is 6.92 Å². The lowest BCUT2D eigenvalue weighted by molar-refractivity contribution is 0.0208. The molecule has 20 heavy (non-hydrogen) atoms. The molecule has 0 spiro atoms. The van der Waals surface area contributed by atoms with Gasteiger partial charge in [0.15, 0.2) is 0 Å². The Kier molecular flexibility index (Phi) is 3.24. The monoisotopic (exact) mass is 275 g/mol. The normalized spacial score (nSPS) is 33.0. The standard InChI is InChI=1S/C15H21N3O2/c1-10-16-7-5-12(17-10)14(20)18-8-6-15(2)9-11(19)3-4-13(15)18/h5,7,11,13,19H,3-4,6,8-9H2,1-2H3/t11-,13-,15+/m1/s1. The number of aliphatic hydroxyl groups is 1. The van der Waals surface area contributed by atoms with Crippen molar-refractivity contribution in [1.29, 1.82) is 0 Å². The van der Waals surface area contributed by atoms with Crippen LogP contribution in [0.15, 0.2) is 12.3 Å². The maximum absolute atomic E-state index is 12.7. The van der Waals surface area contributed by atoms with Crippen molar-refractivity contribution in [1.82, 2.24) is 14.9 Å². The minimum absolute atomic E-state index is 0.000569. The zero-order valence-corrected chi connectivity index (χ0v) is 12.0. The van der Waals surface area contributed by atoms with E-state index in [9.17, 15) is 9.90 Å². The first kappa shape index (κ1) is 13.5. The molecule has 108 valence electrons. The van der Waals surface area contributed by atoms with Gasteiger partial charge in [0, 0.05) is 18.8 Å². The van der Waals surface area contributed by atoms with Crippen molar-refractivity contribution >= 4 is 5.91 Å². The molecule has 1 aromatic rings. The number of aromatic nitrogens is 2. The van der Waals surface area contributed by atoms with Crippen LogP contribution >= 0.6 is 0 Å². The van der Waals surface area contributed by atoms with E-state index < -0.39 is 0 Å². The summed E-state index contributed by atoms with van der Waals surface area (Å²) < 4.78 is 0. The van der Waals surface area contributed by atoms with Crippen LogP contribution in [0, 0.1) is 12.3 Å². The molecule has 0 unspecified atom stereocenters. The predicted octanol–water partition coefficient (Wildman–Crippen LogP) is 1.55.